The molecule has 0 saturated carbocycles. The van der Waals surface area contributed by atoms with Gasteiger partial charge in [-0.15, -0.1) is 11.3 Å². The second-order valence-corrected chi connectivity index (χ2v) is 7.90. The minimum atomic E-state index is 0.0804. The molecule has 0 aliphatic heterocycles. The summed E-state index contributed by atoms with van der Waals surface area (Å²) in [6.45, 7) is 5.13. The van der Waals surface area contributed by atoms with Crippen molar-refractivity contribution in [2.45, 2.75) is 26.3 Å². The predicted molar refractivity (Wildman–Crippen MR) is 93.4 cm³/mol. The van der Waals surface area contributed by atoms with Gasteiger partial charge in [-0.2, -0.15) is 0 Å². The van der Waals surface area contributed by atoms with E-state index in [0.717, 1.165) is 32.4 Å². The van der Waals surface area contributed by atoms with Gasteiger partial charge >= 0.3 is 0 Å². The van der Waals surface area contributed by atoms with E-state index in [2.05, 4.69) is 40.3 Å². The molecule has 1 nitrogen and oxygen atoms in total. The Kier molecular flexibility index (Phi) is 5.94. The van der Waals surface area contributed by atoms with Crippen molar-refractivity contribution in [1.29, 1.82) is 0 Å². The zero-order valence-electron chi connectivity index (χ0n) is 11.3. The molecule has 0 spiro atoms. The fourth-order valence-corrected chi connectivity index (χ4v) is 4.21. The topological polar surface area (TPSA) is 12.0 Å². The molecule has 1 atom stereocenters. The Morgan fingerprint density at radius 3 is 2.55 bits per heavy atom. The number of benzene rings is 1. The predicted octanol–water partition coefficient (Wildman–Crippen LogP) is 6.21. The van der Waals surface area contributed by atoms with Crippen LogP contribution < -0.4 is 5.32 Å². The van der Waals surface area contributed by atoms with Crippen LogP contribution in [0.25, 0.3) is 0 Å². The number of hydrogen-bond acceptors (Lipinski definition) is 2. The molecule has 0 fully saturated rings. The standard InChI is InChI=1S/C15H16BrCl2NS/c1-3-6-19-14(13-8-12(18)15(16)20-13)10-5-4-9(2)7-11(10)17/h4-5,7-8,14,19H,3,6H2,1-2H3. The van der Waals surface area contributed by atoms with Gasteiger partial charge in [-0.05, 0) is 59.1 Å². The van der Waals surface area contributed by atoms with Gasteiger partial charge in [-0.1, -0.05) is 42.3 Å². The Morgan fingerprint density at radius 2 is 2.00 bits per heavy atom. The Hall–Kier alpha value is -0.0600. The molecule has 1 N–H and O–H groups in total. The number of aryl methyl sites for hydroxylation is 1. The summed E-state index contributed by atoms with van der Waals surface area (Å²) >= 11 is 17.7. The van der Waals surface area contributed by atoms with E-state index in [4.69, 9.17) is 23.2 Å². The monoisotopic (exact) mass is 391 g/mol. The van der Waals surface area contributed by atoms with Gasteiger partial charge in [0.05, 0.1) is 14.9 Å². The Labute approximate surface area is 142 Å². The van der Waals surface area contributed by atoms with Crippen molar-refractivity contribution in [3.63, 3.8) is 0 Å². The van der Waals surface area contributed by atoms with Crippen LogP contribution in [0.15, 0.2) is 28.1 Å². The van der Waals surface area contributed by atoms with Crippen LogP contribution in [-0.4, -0.2) is 6.54 Å². The molecule has 5 heteroatoms. The van der Waals surface area contributed by atoms with E-state index in [-0.39, 0.29) is 6.04 Å². The second kappa shape index (κ2) is 7.28. The first kappa shape index (κ1) is 16.3. The molecular weight excluding hydrogens is 377 g/mol. The number of nitrogens with one attached hydrogen (secondary N) is 1. The lowest BCUT2D eigenvalue weighted by Gasteiger charge is -2.19. The van der Waals surface area contributed by atoms with Crippen molar-refractivity contribution in [1.82, 2.24) is 5.32 Å². The molecule has 2 rings (SSSR count). The van der Waals surface area contributed by atoms with Crippen molar-refractivity contribution in [2.75, 3.05) is 6.54 Å². The van der Waals surface area contributed by atoms with Crippen molar-refractivity contribution < 1.29 is 0 Å². The maximum absolute atomic E-state index is 6.42. The summed E-state index contributed by atoms with van der Waals surface area (Å²) in [5.74, 6) is 0. The first-order chi connectivity index (χ1) is 9.52. The van der Waals surface area contributed by atoms with E-state index in [1.54, 1.807) is 11.3 Å². The summed E-state index contributed by atoms with van der Waals surface area (Å²) in [4.78, 5) is 1.17. The Bertz CT molecular complexity index is 578. The van der Waals surface area contributed by atoms with E-state index in [1.807, 2.05) is 19.1 Å². The van der Waals surface area contributed by atoms with Gasteiger partial charge in [0.25, 0.3) is 0 Å². The summed E-state index contributed by atoms with van der Waals surface area (Å²) in [6.07, 6.45) is 1.07. The van der Waals surface area contributed by atoms with Crippen LogP contribution in [0.5, 0.6) is 0 Å². The molecule has 1 heterocycles. The molecule has 1 aromatic carbocycles. The Morgan fingerprint density at radius 1 is 1.25 bits per heavy atom. The fourth-order valence-electron chi connectivity index (χ4n) is 2.02. The third kappa shape index (κ3) is 3.77. The van der Waals surface area contributed by atoms with Gasteiger partial charge in [-0.3, -0.25) is 0 Å². The zero-order chi connectivity index (χ0) is 14.7. The molecule has 0 bridgehead atoms. The van der Waals surface area contributed by atoms with Crippen LogP contribution in [0, 0.1) is 6.92 Å². The molecule has 1 aromatic heterocycles. The Balaban J connectivity index is 2.41. The highest BCUT2D eigenvalue weighted by molar-refractivity contribution is 9.11. The SMILES string of the molecule is CCCNC(c1cc(Cl)c(Br)s1)c1ccc(C)cc1Cl. The lowest BCUT2D eigenvalue weighted by molar-refractivity contribution is 0.606. The molecule has 0 radical (unpaired) electrons. The molecule has 0 aliphatic rings. The molecule has 20 heavy (non-hydrogen) atoms. The molecule has 0 amide bonds. The number of hydrogen-bond donors (Lipinski definition) is 1. The first-order valence-corrected chi connectivity index (χ1v) is 8.83. The van der Waals surface area contributed by atoms with Crippen molar-refractivity contribution in [2.24, 2.45) is 0 Å². The van der Waals surface area contributed by atoms with Crippen LogP contribution in [0.3, 0.4) is 0 Å². The zero-order valence-corrected chi connectivity index (χ0v) is 15.3. The van der Waals surface area contributed by atoms with E-state index >= 15 is 0 Å². The third-order valence-corrected chi connectivity index (χ3v) is 5.88. The lowest BCUT2D eigenvalue weighted by Crippen LogP contribution is -2.22. The highest BCUT2D eigenvalue weighted by Crippen LogP contribution is 2.39. The highest BCUT2D eigenvalue weighted by Gasteiger charge is 2.19. The van der Waals surface area contributed by atoms with Gasteiger partial charge in [0, 0.05) is 9.90 Å². The molecule has 2 aromatic rings. The quantitative estimate of drug-likeness (QED) is 0.637. The van der Waals surface area contributed by atoms with Gasteiger partial charge in [0.1, 0.15) is 0 Å². The van der Waals surface area contributed by atoms with Gasteiger partial charge < -0.3 is 5.32 Å². The van der Waals surface area contributed by atoms with Gasteiger partial charge in [0.2, 0.25) is 0 Å². The van der Waals surface area contributed by atoms with E-state index < -0.39 is 0 Å². The summed E-state index contributed by atoms with van der Waals surface area (Å²) in [5.41, 5.74) is 2.26. The number of rotatable bonds is 5. The highest BCUT2D eigenvalue weighted by atomic mass is 79.9. The minimum Gasteiger partial charge on any atom is -0.306 e. The smallest absolute Gasteiger partial charge is 0.0888 e. The maximum Gasteiger partial charge on any atom is 0.0888 e. The lowest BCUT2D eigenvalue weighted by atomic mass is 10.0. The second-order valence-electron chi connectivity index (χ2n) is 4.68. The largest absolute Gasteiger partial charge is 0.306 e. The van der Waals surface area contributed by atoms with E-state index in [0.29, 0.717) is 0 Å². The average molecular weight is 393 g/mol. The van der Waals surface area contributed by atoms with Crippen LogP contribution in [0.1, 0.15) is 35.4 Å². The van der Waals surface area contributed by atoms with Crippen molar-refractivity contribution in [3.05, 3.63) is 54.1 Å². The van der Waals surface area contributed by atoms with Gasteiger partial charge in [0.15, 0.2) is 0 Å². The molecular formula is C15H16BrCl2NS. The minimum absolute atomic E-state index is 0.0804. The normalized spacial score (nSPS) is 12.7. The summed E-state index contributed by atoms with van der Waals surface area (Å²) in [7, 11) is 0. The number of thiophene rings is 1. The van der Waals surface area contributed by atoms with Crippen LogP contribution in [0.4, 0.5) is 0 Å². The average Bonchev–Trinajstić information content (AvgIpc) is 2.72. The van der Waals surface area contributed by atoms with Crippen molar-refractivity contribution in [3.8, 4) is 0 Å². The first-order valence-electron chi connectivity index (χ1n) is 6.47. The molecule has 1 unspecified atom stereocenters. The summed E-state index contributed by atoms with van der Waals surface area (Å²) in [5, 5.41) is 5.09. The third-order valence-electron chi connectivity index (χ3n) is 3.01. The summed E-state index contributed by atoms with van der Waals surface area (Å²) in [6, 6.07) is 8.26. The fraction of sp³-hybridized carbons (Fsp3) is 0.333. The molecule has 0 saturated heterocycles. The van der Waals surface area contributed by atoms with Crippen molar-refractivity contribution >= 4 is 50.5 Å². The van der Waals surface area contributed by atoms with E-state index in [9.17, 15) is 0 Å². The van der Waals surface area contributed by atoms with Crippen LogP contribution in [-0.2, 0) is 0 Å². The van der Waals surface area contributed by atoms with Crippen LogP contribution in [0.2, 0.25) is 10.0 Å². The van der Waals surface area contributed by atoms with Gasteiger partial charge in [-0.25, -0.2) is 0 Å². The molecule has 108 valence electrons. The molecule has 0 aliphatic carbocycles. The summed E-state index contributed by atoms with van der Waals surface area (Å²) < 4.78 is 0.959. The van der Waals surface area contributed by atoms with E-state index in [1.165, 1.54) is 10.4 Å². The number of halogens is 3. The van der Waals surface area contributed by atoms with Crippen LogP contribution >= 0.6 is 50.5 Å². The maximum atomic E-state index is 6.42.